The molecule has 0 unspecified atom stereocenters. The standard InChI is InChI=1S/C30H32N2O7/c1-19(38-16-20-10-4-3-5-11-20)27(28(33)31-26(18-37-2)29(34)35)32-30(36)39-17-25-23-14-8-6-12-21(23)22-13-7-9-15-24(22)25/h3-15,19,25-27H,16-18H2,1-2H3,(H,31,33)(H,32,36)(H,34,35)/t19-,26-,27+/m0/s1. The molecule has 0 fully saturated rings. The van der Waals surface area contributed by atoms with Crippen LogP contribution in [0, 0.1) is 0 Å². The highest BCUT2D eigenvalue weighted by molar-refractivity contribution is 5.89. The third-order valence-corrected chi connectivity index (χ3v) is 6.67. The monoisotopic (exact) mass is 532 g/mol. The third kappa shape index (κ3) is 6.81. The number of carbonyl (C=O) groups excluding carboxylic acids is 2. The number of methoxy groups -OCH3 is 1. The molecule has 3 atom stereocenters. The van der Waals surface area contributed by atoms with Crippen molar-refractivity contribution < 1.29 is 33.7 Å². The maximum atomic E-state index is 13.1. The zero-order valence-electron chi connectivity index (χ0n) is 21.8. The Hall–Kier alpha value is -4.21. The van der Waals surface area contributed by atoms with Gasteiger partial charge in [0.25, 0.3) is 0 Å². The topological polar surface area (TPSA) is 123 Å². The first-order chi connectivity index (χ1) is 18.9. The Morgan fingerprint density at radius 1 is 0.872 bits per heavy atom. The molecule has 3 aromatic carbocycles. The number of hydrogen-bond donors (Lipinski definition) is 3. The maximum Gasteiger partial charge on any atom is 0.407 e. The van der Waals surface area contributed by atoms with Gasteiger partial charge < -0.3 is 30.0 Å². The minimum atomic E-state index is -1.30. The van der Waals surface area contributed by atoms with E-state index >= 15 is 0 Å². The molecule has 9 nitrogen and oxygen atoms in total. The van der Waals surface area contributed by atoms with Gasteiger partial charge in [0.05, 0.1) is 19.3 Å². The Morgan fingerprint density at radius 3 is 2.05 bits per heavy atom. The van der Waals surface area contributed by atoms with Gasteiger partial charge in [0.2, 0.25) is 5.91 Å². The average molecular weight is 533 g/mol. The summed E-state index contributed by atoms with van der Waals surface area (Å²) in [4.78, 5) is 37.6. The van der Waals surface area contributed by atoms with Gasteiger partial charge in [-0.15, -0.1) is 0 Å². The summed E-state index contributed by atoms with van der Waals surface area (Å²) in [6.45, 7) is 1.65. The van der Waals surface area contributed by atoms with Gasteiger partial charge in [0.1, 0.15) is 12.6 Å². The van der Waals surface area contributed by atoms with Crippen molar-refractivity contribution in [1.29, 1.82) is 0 Å². The fourth-order valence-electron chi connectivity index (χ4n) is 4.66. The Balaban J connectivity index is 1.45. The van der Waals surface area contributed by atoms with E-state index in [0.29, 0.717) is 0 Å². The number of rotatable bonds is 12. The van der Waals surface area contributed by atoms with E-state index in [0.717, 1.165) is 27.8 Å². The number of carboxylic acids is 1. The molecule has 0 heterocycles. The Kier molecular flexibility index (Phi) is 9.30. The maximum absolute atomic E-state index is 13.1. The van der Waals surface area contributed by atoms with Gasteiger partial charge >= 0.3 is 12.1 Å². The van der Waals surface area contributed by atoms with E-state index in [9.17, 15) is 19.5 Å². The number of hydrogen-bond acceptors (Lipinski definition) is 6. The summed E-state index contributed by atoms with van der Waals surface area (Å²) in [6.07, 6.45) is -1.62. The van der Waals surface area contributed by atoms with Crippen molar-refractivity contribution in [1.82, 2.24) is 10.6 Å². The normalized spacial score (nSPS) is 14.4. The van der Waals surface area contributed by atoms with Crippen LogP contribution in [0.25, 0.3) is 11.1 Å². The molecule has 4 rings (SSSR count). The molecular formula is C30H32N2O7. The average Bonchev–Trinajstić information content (AvgIpc) is 3.27. The highest BCUT2D eigenvalue weighted by Crippen LogP contribution is 2.44. The minimum absolute atomic E-state index is 0.0644. The molecule has 0 aliphatic heterocycles. The molecule has 0 bridgehead atoms. The van der Waals surface area contributed by atoms with E-state index in [-0.39, 0.29) is 25.7 Å². The quantitative estimate of drug-likeness (QED) is 0.325. The molecule has 9 heteroatoms. The lowest BCUT2D eigenvalue weighted by atomic mass is 9.98. The predicted molar refractivity (Wildman–Crippen MR) is 144 cm³/mol. The van der Waals surface area contributed by atoms with Crippen molar-refractivity contribution in [3.63, 3.8) is 0 Å². The molecule has 1 aliphatic carbocycles. The largest absolute Gasteiger partial charge is 0.480 e. The molecule has 0 aromatic heterocycles. The van der Waals surface area contributed by atoms with Gasteiger partial charge in [-0.2, -0.15) is 0 Å². The summed E-state index contributed by atoms with van der Waals surface area (Å²) in [5, 5.41) is 14.4. The summed E-state index contributed by atoms with van der Waals surface area (Å²) in [6, 6.07) is 22.8. The predicted octanol–water partition coefficient (Wildman–Crippen LogP) is 3.71. The number of benzene rings is 3. The van der Waals surface area contributed by atoms with Gasteiger partial charge in [-0.1, -0.05) is 78.9 Å². The van der Waals surface area contributed by atoms with Crippen LogP contribution in [0.15, 0.2) is 78.9 Å². The molecule has 0 radical (unpaired) electrons. The summed E-state index contributed by atoms with van der Waals surface area (Å²) < 4.78 is 16.4. The fraction of sp³-hybridized carbons (Fsp3) is 0.300. The summed E-state index contributed by atoms with van der Waals surface area (Å²) >= 11 is 0. The molecule has 0 saturated heterocycles. The second-order valence-corrected chi connectivity index (χ2v) is 9.30. The number of carboxylic acid groups (broad SMARTS) is 1. The van der Waals surface area contributed by atoms with Gasteiger partial charge in [0, 0.05) is 13.0 Å². The summed E-state index contributed by atoms with van der Waals surface area (Å²) in [5.41, 5.74) is 5.20. The van der Waals surface area contributed by atoms with Crippen LogP contribution >= 0.6 is 0 Å². The van der Waals surface area contributed by atoms with E-state index in [4.69, 9.17) is 14.2 Å². The number of amides is 2. The van der Waals surface area contributed by atoms with Crippen LogP contribution in [-0.2, 0) is 30.4 Å². The Labute approximate surface area is 227 Å². The Bertz CT molecular complexity index is 1250. The Morgan fingerprint density at radius 2 is 1.46 bits per heavy atom. The SMILES string of the molecule is COC[C@H](NC(=O)[C@H](NC(=O)OCC1c2ccccc2-c2ccccc21)[C@H](C)OCc1ccccc1)C(=O)O. The second kappa shape index (κ2) is 13.0. The molecule has 204 valence electrons. The van der Waals surface area contributed by atoms with Gasteiger partial charge in [-0.3, -0.25) is 4.79 Å². The highest BCUT2D eigenvalue weighted by Gasteiger charge is 2.33. The summed E-state index contributed by atoms with van der Waals surface area (Å²) in [7, 11) is 1.33. The van der Waals surface area contributed by atoms with E-state index in [2.05, 4.69) is 10.6 Å². The molecule has 3 aromatic rings. The molecule has 0 spiro atoms. The first-order valence-electron chi connectivity index (χ1n) is 12.7. The van der Waals surface area contributed by atoms with Crippen molar-refractivity contribution in [2.24, 2.45) is 0 Å². The number of alkyl carbamates (subject to hydrolysis) is 1. The molecule has 1 aliphatic rings. The van der Waals surface area contributed by atoms with Gasteiger partial charge in [0.15, 0.2) is 6.04 Å². The fourth-order valence-corrected chi connectivity index (χ4v) is 4.66. The van der Waals surface area contributed by atoms with Crippen molar-refractivity contribution in [3.05, 3.63) is 95.6 Å². The lowest BCUT2D eigenvalue weighted by molar-refractivity contribution is -0.144. The van der Waals surface area contributed by atoms with Crippen LogP contribution in [-0.4, -0.2) is 61.6 Å². The van der Waals surface area contributed by atoms with E-state index < -0.39 is 36.2 Å². The number of nitrogens with one attached hydrogen (secondary N) is 2. The van der Waals surface area contributed by atoms with Crippen LogP contribution < -0.4 is 10.6 Å². The molecule has 0 saturated carbocycles. The van der Waals surface area contributed by atoms with Gasteiger partial charge in [-0.25, -0.2) is 9.59 Å². The van der Waals surface area contributed by atoms with E-state index in [1.165, 1.54) is 7.11 Å². The minimum Gasteiger partial charge on any atom is -0.480 e. The van der Waals surface area contributed by atoms with Crippen LogP contribution in [0.3, 0.4) is 0 Å². The molecule has 3 N–H and O–H groups in total. The number of ether oxygens (including phenoxy) is 3. The first kappa shape index (κ1) is 27.8. The van der Waals surface area contributed by atoms with Crippen LogP contribution in [0.4, 0.5) is 4.79 Å². The van der Waals surface area contributed by atoms with E-state index in [1.54, 1.807) is 6.92 Å². The second-order valence-electron chi connectivity index (χ2n) is 9.30. The van der Waals surface area contributed by atoms with Crippen LogP contribution in [0.1, 0.15) is 29.5 Å². The lowest BCUT2D eigenvalue weighted by Crippen LogP contribution is -2.57. The highest BCUT2D eigenvalue weighted by atomic mass is 16.5. The zero-order valence-corrected chi connectivity index (χ0v) is 21.8. The van der Waals surface area contributed by atoms with Crippen LogP contribution in [0.2, 0.25) is 0 Å². The lowest BCUT2D eigenvalue weighted by Gasteiger charge is -2.26. The van der Waals surface area contributed by atoms with Crippen molar-refractivity contribution in [2.75, 3.05) is 20.3 Å². The van der Waals surface area contributed by atoms with Crippen molar-refractivity contribution in [3.8, 4) is 11.1 Å². The van der Waals surface area contributed by atoms with Crippen molar-refractivity contribution in [2.45, 2.75) is 37.6 Å². The van der Waals surface area contributed by atoms with Gasteiger partial charge in [-0.05, 0) is 34.7 Å². The molecule has 2 amide bonds. The third-order valence-electron chi connectivity index (χ3n) is 6.67. The number of fused-ring (bicyclic) bond motifs is 3. The summed E-state index contributed by atoms with van der Waals surface area (Å²) in [5.74, 6) is -2.14. The zero-order chi connectivity index (χ0) is 27.8. The number of aliphatic carboxylic acids is 1. The number of carbonyl (C=O) groups is 3. The smallest absolute Gasteiger partial charge is 0.407 e. The first-order valence-corrected chi connectivity index (χ1v) is 12.7. The van der Waals surface area contributed by atoms with Crippen molar-refractivity contribution >= 4 is 18.0 Å². The molecular weight excluding hydrogens is 500 g/mol. The van der Waals surface area contributed by atoms with Crippen LogP contribution in [0.5, 0.6) is 0 Å². The molecule has 39 heavy (non-hydrogen) atoms. The van der Waals surface area contributed by atoms with E-state index in [1.807, 2.05) is 78.9 Å².